The molecule has 3 heterocycles. The highest BCUT2D eigenvalue weighted by molar-refractivity contribution is 5.17. The van der Waals surface area contributed by atoms with Crippen LogP contribution >= 0.6 is 0 Å². The topological polar surface area (TPSA) is 27.5 Å². The van der Waals surface area contributed by atoms with Crippen LogP contribution in [0.5, 0.6) is 0 Å². The summed E-state index contributed by atoms with van der Waals surface area (Å²) in [6.45, 7) is 10.6. The van der Waals surface area contributed by atoms with E-state index in [-0.39, 0.29) is 11.9 Å². The van der Waals surface area contributed by atoms with Crippen LogP contribution in [0.3, 0.4) is 0 Å². The highest BCUT2D eigenvalue weighted by atomic mass is 19.1. The number of hydrogen-bond donors (Lipinski definition) is 0. The van der Waals surface area contributed by atoms with Crippen molar-refractivity contribution < 1.29 is 4.39 Å². The Labute approximate surface area is 155 Å². The van der Waals surface area contributed by atoms with Gasteiger partial charge in [0.2, 0.25) is 0 Å². The van der Waals surface area contributed by atoms with Crippen LogP contribution < -0.4 is 0 Å². The van der Waals surface area contributed by atoms with Crippen LogP contribution in [0.2, 0.25) is 0 Å². The maximum absolute atomic E-state index is 13.1. The molecular weight excluding hydrogens is 329 g/mol. The molecule has 0 N–H and O–H groups in total. The molecule has 1 fully saturated rings. The van der Waals surface area contributed by atoms with Crippen molar-refractivity contribution in [1.82, 2.24) is 24.3 Å². The number of nitrogens with zero attached hydrogens (tertiary/aromatic N) is 5. The second kappa shape index (κ2) is 7.47. The first-order valence-corrected chi connectivity index (χ1v) is 9.54. The molecule has 1 aromatic heterocycles. The fraction of sp³-hybridized carbons (Fsp3) is 0.550. The summed E-state index contributed by atoms with van der Waals surface area (Å²) in [5.41, 5.74) is 2.48. The third-order valence-electron chi connectivity index (χ3n) is 5.78. The first-order valence-electron chi connectivity index (χ1n) is 9.54. The monoisotopic (exact) mass is 357 g/mol. The van der Waals surface area contributed by atoms with Crippen LogP contribution in [-0.4, -0.2) is 64.0 Å². The summed E-state index contributed by atoms with van der Waals surface area (Å²) in [7, 11) is 2.19. The molecule has 0 aliphatic carbocycles. The Morgan fingerprint density at radius 3 is 2.46 bits per heavy atom. The van der Waals surface area contributed by atoms with Gasteiger partial charge in [-0.1, -0.05) is 12.1 Å². The SMILES string of the molecule is C[C@@H]1c2ncc(CN3CCN(C)CC3)n2CCN1Cc1ccc(F)cc1. The lowest BCUT2D eigenvalue weighted by molar-refractivity contribution is 0.136. The zero-order valence-electron chi connectivity index (χ0n) is 15.7. The van der Waals surface area contributed by atoms with E-state index in [0.717, 1.165) is 63.7 Å². The van der Waals surface area contributed by atoms with Crippen LogP contribution in [0.1, 0.15) is 30.0 Å². The zero-order valence-corrected chi connectivity index (χ0v) is 15.7. The fourth-order valence-corrected chi connectivity index (χ4v) is 4.01. The molecule has 6 heteroatoms. The minimum Gasteiger partial charge on any atom is -0.328 e. The van der Waals surface area contributed by atoms with Gasteiger partial charge in [0.25, 0.3) is 0 Å². The number of halogens is 1. The van der Waals surface area contributed by atoms with E-state index < -0.39 is 0 Å². The van der Waals surface area contributed by atoms with Gasteiger partial charge in [0, 0.05) is 58.6 Å². The van der Waals surface area contributed by atoms with E-state index >= 15 is 0 Å². The largest absolute Gasteiger partial charge is 0.328 e. The third-order valence-corrected chi connectivity index (χ3v) is 5.78. The van der Waals surface area contributed by atoms with Gasteiger partial charge in [-0.15, -0.1) is 0 Å². The number of likely N-dealkylation sites (N-methyl/N-ethyl adjacent to an activating group) is 1. The number of imidazole rings is 1. The number of benzene rings is 1. The quantitative estimate of drug-likeness (QED) is 0.840. The predicted molar refractivity (Wildman–Crippen MR) is 100 cm³/mol. The molecule has 0 amide bonds. The second-order valence-corrected chi connectivity index (χ2v) is 7.61. The van der Waals surface area contributed by atoms with Crippen LogP contribution in [0.4, 0.5) is 4.39 Å². The maximum Gasteiger partial charge on any atom is 0.126 e. The van der Waals surface area contributed by atoms with Crippen molar-refractivity contribution in [2.45, 2.75) is 32.6 Å². The molecule has 0 bridgehead atoms. The van der Waals surface area contributed by atoms with Gasteiger partial charge in [0.15, 0.2) is 0 Å². The van der Waals surface area contributed by atoms with Crippen molar-refractivity contribution in [3.63, 3.8) is 0 Å². The molecule has 26 heavy (non-hydrogen) atoms. The lowest BCUT2D eigenvalue weighted by Gasteiger charge is -2.36. The lowest BCUT2D eigenvalue weighted by Crippen LogP contribution is -2.44. The number of piperazine rings is 1. The maximum atomic E-state index is 13.1. The van der Waals surface area contributed by atoms with Gasteiger partial charge >= 0.3 is 0 Å². The summed E-state index contributed by atoms with van der Waals surface area (Å²) in [5.74, 6) is 0.979. The fourth-order valence-electron chi connectivity index (χ4n) is 4.01. The Kier molecular flexibility index (Phi) is 5.07. The molecule has 0 saturated carbocycles. The molecule has 4 rings (SSSR count). The predicted octanol–water partition coefficient (Wildman–Crippen LogP) is 2.35. The van der Waals surface area contributed by atoms with E-state index in [1.165, 1.54) is 5.69 Å². The molecule has 2 aliphatic rings. The minimum absolute atomic E-state index is 0.176. The number of rotatable bonds is 4. The first-order chi connectivity index (χ1) is 12.6. The summed E-state index contributed by atoms with van der Waals surface area (Å²) in [6.07, 6.45) is 2.06. The number of fused-ring (bicyclic) bond motifs is 1. The summed E-state index contributed by atoms with van der Waals surface area (Å²) in [5, 5.41) is 0. The van der Waals surface area contributed by atoms with Crippen molar-refractivity contribution in [2.24, 2.45) is 0 Å². The zero-order chi connectivity index (χ0) is 18.1. The smallest absolute Gasteiger partial charge is 0.126 e. The van der Waals surface area contributed by atoms with E-state index in [9.17, 15) is 4.39 Å². The lowest BCUT2D eigenvalue weighted by atomic mass is 10.1. The summed E-state index contributed by atoms with van der Waals surface area (Å²) < 4.78 is 15.5. The molecule has 1 atom stereocenters. The van der Waals surface area contributed by atoms with Crippen molar-refractivity contribution in [3.8, 4) is 0 Å². The van der Waals surface area contributed by atoms with Gasteiger partial charge in [-0.2, -0.15) is 0 Å². The Hall–Kier alpha value is -1.76. The van der Waals surface area contributed by atoms with Gasteiger partial charge in [0.1, 0.15) is 11.6 Å². The van der Waals surface area contributed by atoms with Gasteiger partial charge in [-0.3, -0.25) is 9.80 Å². The molecular formula is C20H28FN5. The molecule has 5 nitrogen and oxygen atoms in total. The van der Waals surface area contributed by atoms with Crippen molar-refractivity contribution >= 4 is 0 Å². The van der Waals surface area contributed by atoms with E-state index in [1.807, 2.05) is 12.1 Å². The van der Waals surface area contributed by atoms with Gasteiger partial charge in [0.05, 0.1) is 11.7 Å². The average Bonchev–Trinajstić information content (AvgIpc) is 3.05. The molecule has 0 radical (unpaired) electrons. The molecule has 1 aromatic carbocycles. The third kappa shape index (κ3) is 3.68. The standard InChI is InChI=1S/C20H28FN5/c1-16-20-22-13-19(15-24-9-7-23(2)8-10-24)26(20)12-11-25(16)14-17-3-5-18(21)6-4-17/h3-6,13,16H,7-12,14-15H2,1-2H3/t16-/m1/s1. The van der Waals surface area contributed by atoms with Gasteiger partial charge < -0.3 is 9.47 Å². The summed E-state index contributed by atoms with van der Waals surface area (Å²) in [4.78, 5) is 12.1. The normalized spacial score (nSPS) is 22.5. The Morgan fingerprint density at radius 2 is 1.73 bits per heavy atom. The van der Waals surface area contributed by atoms with Crippen molar-refractivity contribution in [1.29, 1.82) is 0 Å². The molecule has 140 valence electrons. The van der Waals surface area contributed by atoms with E-state index in [4.69, 9.17) is 4.98 Å². The molecule has 2 aromatic rings. The summed E-state index contributed by atoms with van der Waals surface area (Å²) >= 11 is 0. The molecule has 0 spiro atoms. The van der Waals surface area contributed by atoms with Crippen LogP contribution in [-0.2, 0) is 19.6 Å². The minimum atomic E-state index is -0.176. The summed E-state index contributed by atoms with van der Waals surface area (Å²) in [6, 6.07) is 7.11. The highest BCUT2D eigenvalue weighted by Gasteiger charge is 2.27. The van der Waals surface area contributed by atoms with Crippen molar-refractivity contribution in [3.05, 3.63) is 53.4 Å². The Morgan fingerprint density at radius 1 is 1.00 bits per heavy atom. The van der Waals surface area contributed by atoms with E-state index in [2.05, 4.69) is 39.4 Å². The van der Waals surface area contributed by atoms with Crippen LogP contribution in [0.15, 0.2) is 30.5 Å². The van der Waals surface area contributed by atoms with Crippen molar-refractivity contribution in [2.75, 3.05) is 39.8 Å². The average molecular weight is 357 g/mol. The van der Waals surface area contributed by atoms with Crippen LogP contribution in [0.25, 0.3) is 0 Å². The molecule has 2 aliphatic heterocycles. The van der Waals surface area contributed by atoms with E-state index in [1.54, 1.807) is 12.1 Å². The van der Waals surface area contributed by atoms with E-state index in [0.29, 0.717) is 0 Å². The Balaban J connectivity index is 1.43. The number of aromatic nitrogens is 2. The molecule has 0 unspecified atom stereocenters. The molecule has 1 saturated heterocycles. The van der Waals surface area contributed by atoms with Gasteiger partial charge in [-0.05, 0) is 31.7 Å². The highest BCUT2D eigenvalue weighted by Crippen LogP contribution is 2.27. The van der Waals surface area contributed by atoms with Crippen LogP contribution in [0, 0.1) is 5.82 Å². The first kappa shape index (κ1) is 17.6. The number of hydrogen-bond acceptors (Lipinski definition) is 4. The Bertz CT molecular complexity index is 733. The second-order valence-electron chi connectivity index (χ2n) is 7.61. The van der Waals surface area contributed by atoms with Gasteiger partial charge in [-0.25, -0.2) is 9.37 Å².